The molecule has 25 N–H and O–H groups in total. The molecule has 0 spiro atoms. The van der Waals surface area contributed by atoms with Crippen molar-refractivity contribution < 1.29 is 112 Å². The summed E-state index contributed by atoms with van der Waals surface area (Å²) in [5.74, 6) is -12.0. The molecule has 494 valence electrons. The Hall–Kier alpha value is -7.33. The Morgan fingerprint density at radius 1 is 0.529 bits per heavy atom. The van der Waals surface area contributed by atoms with E-state index in [0.29, 0.717) is 12.8 Å². The normalized spacial score (nSPS) is 24.5. The van der Waals surface area contributed by atoms with Gasteiger partial charge in [-0.3, -0.25) is 62.3 Å². The average Bonchev–Trinajstić information content (AvgIpc) is 1.80. The number of hydrogen-bond donors (Lipinski definition) is 20. The zero-order chi connectivity index (χ0) is 66.0. The maximum absolute atomic E-state index is 13.7. The van der Waals surface area contributed by atoms with Gasteiger partial charge in [0.1, 0.15) is 91.1 Å². The summed E-state index contributed by atoms with van der Waals surface area (Å²) in [6.45, 7) is 4.04. The number of nitrogens with two attached hydrogens (primary N) is 5. The molecule has 18 unspecified atom stereocenters. The second-order valence-corrected chi connectivity index (χ2v) is 20.9. The number of hydrogen-bond acceptors (Lipinski definition) is 24. The van der Waals surface area contributed by atoms with E-state index in [2.05, 4.69) is 47.9 Å². The molecular weight excluding hydrogens is 1160 g/mol. The number of primary amides is 3. The Balaban J connectivity index is 2.21. The lowest BCUT2D eigenvalue weighted by molar-refractivity contribution is -0.333. The SMILES string of the molecule is CC(=O)NC1C(OC2C(CO)OC(O)C(NC(C)=O)C2OC(C)C(=O)NC(C)C(=O)NC(CCC(=O)NC(CCCCNC(=O)CC(N)C(N)=O)C(=O)NC(C)C(=O)NC(CC(=O)NCCCCC(N)C(=O)O)C(N)=O)C(N)=O)OC(CO)C(O)C1O. The van der Waals surface area contributed by atoms with Gasteiger partial charge in [-0.05, 0) is 65.7 Å². The summed E-state index contributed by atoms with van der Waals surface area (Å²) in [7, 11) is 0. The highest BCUT2D eigenvalue weighted by molar-refractivity contribution is 5.96. The van der Waals surface area contributed by atoms with Crippen LogP contribution in [-0.4, -0.2) is 243 Å². The molecule has 37 heteroatoms. The second-order valence-electron chi connectivity index (χ2n) is 20.9. The lowest BCUT2D eigenvalue weighted by Gasteiger charge is -2.48. The highest BCUT2D eigenvalue weighted by Gasteiger charge is 2.53. The van der Waals surface area contributed by atoms with Crippen LogP contribution in [0.25, 0.3) is 0 Å². The molecule has 87 heavy (non-hydrogen) atoms. The molecule has 2 fully saturated rings. The summed E-state index contributed by atoms with van der Waals surface area (Å²) in [4.78, 5) is 164. The van der Waals surface area contributed by atoms with Crippen LogP contribution in [0.2, 0.25) is 0 Å². The van der Waals surface area contributed by atoms with E-state index < -0.39 is 225 Å². The largest absolute Gasteiger partial charge is 0.480 e. The maximum atomic E-state index is 13.7. The van der Waals surface area contributed by atoms with Crippen molar-refractivity contribution in [3.63, 3.8) is 0 Å². The third-order valence-corrected chi connectivity index (χ3v) is 13.6. The Morgan fingerprint density at radius 3 is 1.56 bits per heavy atom. The van der Waals surface area contributed by atoms with Crippen molar-refractivity contribution in [2.45, 2.75) is 209 Å². The third-order valence-electron chi connectivity index (χ3n) is 13.6. The van der Waals surface area contributed by atoms with Crippen molar-refractivity contribution in [1.29, 1.82) is 0 Å². The van der Waals surface area contributed by atoms with Gasteiger partial charge in [0.2, 0.25) is 70.9 Å². The van der Waals surface area contributed by atoms with E-state index in [1.165, 1.54) is 20.8 Å². The Kier molecular flexibility index (Phi) is 32.6. The predicted molar refractivity (Wildman–Crippen MR) is 295 cm³/mol. The Morgan fingerprint density at radius 2 is 1.05 bits per heavy atom. The molecular formula is C50H86N14O23. The first kappa shape index (κ1) is 75.8. The van der Waals surface area contributed by atoms with Crippen LogP contribution in [-0.2, 0) is 81.3 Å². The van der Waals surface area contributed by atoms with Crippen molar-refractivity contribution in [2.75, 3.05) is 26.3 Å². The second kappa shape index (κ2) is 37.4. The number of nitrogens with one attached hydrogen (secondary N) is 9. The van der Waals surface area contributed by atoms with E-state index in [1.807, 2.05) is 0 Å². The summed E-state index contributed by atoms with van der Waals surface area (Å²) in [5, 5.41) is 83.1. The highest BCUT2D eigenvalue weighted by atomic mass is 16.7. The Labute approximate surface area is 499 Å². The minimum Gasteiger partial charge on any atom is -0.480 e. The fourth-order valence-electron chi connectivity index (χ4n) is 8.68. The average molecular weight is 1250 g/mol. The summed E-state index contributed by atoms with van der Waals surface area (Å²) in [6, 6.07) is -12.9. The molecule has 0 radical (unpaired) electrons. The smallest absolute Gasteiger partial charge is 0.320 e. The molecule has 0 aromatic carbocycles. The fourth-order valence-corrected chi connectivity index (χ4v) is 8.68. The van der Waals surface area contributed by atoms with Gasteiger partial charge >= 0.3 is 5.97 Å². The standard InChI is InChI=1S/C50H86N14O23/c1-20(58-46(79)22(3)84-40-36(61-24(5)68)49(83)85-31(19-66)39(40)87-50-35(60-23(4)67)38(73)37(72)30(18-65)86-50)44(77)63-27(42(54)75)12-13-32(69)62-28(11-7-9-15-56-33(70)16-26(52)41(53)74)47(80)59-21(2)45(78)64-29(43(55)76)17-34(71)57-14-8-6-10-25(51)48(81)82/h20-22,25-31,35-40,49-50,65-66,72-73,83H,6-19,51-52H2,1-5H3,(H2,53,74)(H2,54,75)(H2,55,76)(H,56,70)(H,57,71)(H,58,79)(H,59,80)(H,60,67)(H,61,68)(H,62,69)(H,63,77)(H,64,78)(H,81,82). The van der Waals surface area contributed by atoms with Crippen LogP contribution in [0.15, 0.2) is 0 Å². The molecule has 0 saturated carbocycles. The lowest BCUT2D eigenvalue weighted by Crippen LogP contribution is -2.70. The lowest BCUT2D eigenvalue weighted by atomic mass is 9.94. The van der Waals surface area contributed by atoms with Crippen LogP contribution in [0.3, 0.4) is 0 Å². The van der Waals surface area contributed by atoms with Crippen molar-refractivity contribution in [2.24, 2.45) is 28.7 Å². The van der Waals surface area contributed by atoms with Gasteiger partial charge in [0, 0.05) is 33.4 Å². The van der Waals surface area contributed by atoms with Gasteiger partial charge in [-0.1, -0.05) is 0 Å². The van der Waals surface area contributed by atoms with E-state index in [-0.39, 0.29) is 38.8 Å². The monoisotopic (exact) mass is 1250 g/mol. The van der Waals surface area contributed by atoms with Crippen LogP contribution in [0.4, 0.5) is 0 Å². The first-order chi connectivity index (χ1) is 40.7. The van der Waals surface area contributed by atoms with Gasteiger partial charge in [0.05, 0.1) is 32.1 Å². The predicted octanol–water partition coefficient (Wildman–Crippen LogP) is -10.9. The molecule has 2 saturated heterocycles. The minimum absolute atomic E-state index is 0.0159. The Bertz CT molecular complexity index is 2390. The number of unbranched alkanes of at least 4 members (excludes halogenated alkanes) is 2. The van der Waals surface area contributed by atoms with E-state index in [4.69, 9.17) is 52.7 Å². The zero-order valence-electron chi connectivity index (χ0n) is 48.8. The van der Waals surface area contributed by atoms with Crippen molar-refractivity contribution >= 4 is 76.9 Å². The van der Waals surface area contributed by atoms with E-state index in [1.54, 1.807) is 0 Å². The van der Waals surface area contributed by atoms with Gasteiger partial charge in [-0.2, -0.15) is 0 Å². The summed E-state index contributed by atoms with van der Waals surface area (Å²) >= 11 is 0. The number of carbonyl (C=O) groups excluding carboxylic acids is 12. The summed E-state index contributed by atoms with van der Waals surface area (Å²) in [6.07, 6.45) is -16.3. The number of aliphatic hydroxyl groups is 5. The van der Waals surface area contributed by atoms with Crippen LogP contribution >= 0.6 is 0 Å². The molecule has 0 bridgehead atoms. The maximum Gasteiger partial charge on any atom is 0.320 e. The summed E-state index contributed by atoms with van der Waals surface area (Å²) < 4.78 is 23.3. The number of aliphatic hydroxyl groups excluding tert-OH is 5. The quantitative estimate of drug-likeness (QED) is 0.0255. The first-order valence-corrected chi connectivity index (χ1v) is 27.8. The fraction of sp³-hybridized carbons (Fsp3) is 0.740. The molecule has 0 aromatic heterocycles. The third kappa shape index (κ3) is 25.9. The van der Waals surface area contributed by atoms with Crippen LogP contribution in [0.5, 0.6) is 0 Å². The molecule has 2 rings (SSSR count). The van der Waals surface area contributed by atoms with Crippen LogP contribution in [0.1, 0.15) is 98.8 Å². The number of rotatable bonds is 38. The van der Waals surface area contributed by atoms with E-state index >= 15 is 0 Å². The molecule has 0 aliphatic carbocycles. The van der Waals surface area contributed by atoms with Gasteiger partial charge in [0.15, 0.2) is 12.6 Å². The number of carboxylic acid groups (broad SMARTS) is 1. The van der Waals surface area contributed by atoms with Crippen molar-refractivity contribution in [1.82, 2.24) is 47.9 Å². The van der Waals surface area contributed by atoms with Crippen molar-refractivity contribution in [3.8, 4) is 0 Å². The van der Waals surface area contributed by atoms with E-state index in [0.717, 1.165) is 13.8 Å². The molecule has 37 nitrogen and oxygen atoms in total. The van der Waals surface area contributed by atoms with Gasteiger partial charge in [-0.25, -0.2) is 0 Å². The van der Waals surface area contributed by atoms with Gasteiger partial charge in [-0.15, -0.1) is 0 Å². The zero-order valence-corrected chi connectivity index (χ0v) is 48.8. The molecule has 2 aliphatic heterocycles. The molecule has 2 aliphatic rings. The topological polar surface area (TPSA) is 619 Å². The number of ether oxygens (including phenoxy) is 4. The number of carboxylic acids is 1. The number of aliphatic carboxylic acids is 1. The molecule has 2 heterocycles. The van der Waals surface area contributed by atoms with Gasteiger partial charge in [0.25, 0.3) is 0 Å². The molecule has 12 amide bonds. The summed E-state index contributed by atoms with van der Waals surface area (Å²) in [5.41, 5.74) is 27.1. The van der Waals surface area contributed by atoms with E-state index in [9.17, 15) is 87.9 Å². The van der Waals surface area contributed by atoms with Crippen LogP contribution < -0.4 is 76.5 Å². The van der Waals surface area contributed by atoms with Crippen LogP contribution in [0, 0.1) is 0 Å². The van der Waals surface area contributed by atoms with Gasteiger partial charge < -0.3 is 126 Å². The highest BCUT2D eigenvalue weighted by Crippen LogP contribution is 2.31. The first-order valence-electron chi connectivity index (χ1n) is 27.8. The number of carbonyl (C=O) groups is 13. The number of amides is 12. The van der Waals surface area contributed by atoms with Crippen molar-refractivity contribution in [3.05, 3.63) is 0 Å². The molecule has 0 aromatic rings. The minimum atomic E-state index is -1.93. The molecule has 18 atom stereocenters.